The third-order valence-electron chi connectivity index (χ3n) is 3.87. The molecule has 0 aliphatic rings. The molecule has 114 valence electrons. The normalized spacial score (nSPS) is 13.1. The molecule has 20 heavy (non-hydrogen) atoms. The van der Waals surface area contributed by atoms with Crippen molar-refractivity contribution in [2.24, 2.45) is 0 Å². The van der Waals surface area contributed by atoms with E-state index in [1.54, 1.807) is 19.2 Å². The lowest BCUT2D eigenvalue weighted by Gasteiger charge is -2.36. The highest BCUT2D eigenvalue weighted by molar-refractivity contribution is 5.38. The Morgan fingerprint density at radius 2 is 1.65 bits per heavy atom. The monoisotopic (exact) mass is 281 g/mol. The van der Waals surface area contributed by atoms with E-state index in [0.717, 1.165) is 24.9 Å². The summed E-state index contributed by atoms with van der Waals surface area (Å²) in [5, 5.41) is 19.3. The molecule has 1 rings (SSSR count). The first-order chi connectivity index (χ1) is 9.53. The van der Waals surface area contributed by atoms with Crippen LogP contribution in [0.5, 0.6) is 11.5 Å². The van der Waals surface area contributed by atoms with E-state index in [2.05, 4.69) is 25.7 Å². The second kappa shape index (κ2) is 8.12. The maximum Gasteiger partial charge on any atom is 0.119 e. The van der Waals surface area contributed by atoms with Crippen molar-refractivity contribution in [2.75, 3.05) is 20.3 Å². The van der Waals surface area contributed by atoms with Crippen LogP contribution in [0, 0.1) is 0 Å². The van der Waals surface area contributed by atoms with Crippen LogP contribution in [0.25, 0.3) is 0 Å². The van der Waals surface area contributed by atoms with E-state index in [1.807, 2.05) is 0 Å². The maximum absolute atomic E-state index is 9.65. The van der Waals surface area contributed by atoms with Gasteiger partial charge in [0.2, 0.25) is 0 Å². The van der Waals surface area contributed by atoms with Crippen LogP contribution in [0.4, 0.5) is 0 Å². The summed E-state index contributed by atoms with van der Waals surface area (Å²) in [6.45, 7) is 7.97. The van der Waals surface area contributed by atoms with E-state index in [-0.39, 0.29) is 17.5 Å². The molecule has 0 saturated carbocycles. The summed E-state index contributed by atoms with van der Waals surface area (Å²) in [5.74, 6) is 0.200. The summed E-state index contributed by atoms with van der Waals surface area (Å²) in [5.41, 5.74) is 0.922. The van der Waals surface area contributed by atoms with Gasteiger partial charge >= 0.3 is 0 Å². The third-order valence-corrected chi connectivity index (χ3v) is 3.87. The van der Waals surface area contributed by atoms with Crippen molar-refractivity contribution in [1.29, 1.82) is 0 Å². The molecule has 4 heteroatoms. The van der Waals surface area contributed by atoms with Gasteiger partial charge in [0.1, 0.15) is 11.5 Å². The van der Waals surface area contributed by atoms with Crippen LogP contribution in [-0.4, -0.2) is 41.4 Å². The van der Waals surface area contributed by atoms with Gasteiger partial charge in [-0.05, 0) is 37.5 Å². The summed E-state index contributed by atoms with van der Waals surface area (Å²) >= 11 is 0. The predicted octanol–water partition coefficient (Wildman–Crippen LogP) is 3.30. The molecule has 0 bridgehead atoms. The van der Waals surface area contributed by atoms with Gasteiger partial charge in [0.15, 0.2) is 0 Å². The van der Waals surface area contributed by atoms with Crippen molar-refractivity contribution >= 4 is 0 Å². The molecule has 1 aromatic carbocycles. The first-order valence-electron chi connectivity index (χ1n) is 7.31. The van der Waals surface area contributed by atoms with Gasteiger partial charge < -0.3 is 14.9 Å². The van der Waals surface area contributed by atoms with Crippen molar-refractivity contribution < 1.29 is 14.9 Å². The van der Waals surface area contributed by atoms with Crippen molar-refractivity contribution in [3.05, 3.63) is 23.8 Å². The van der Waals surface area contributed by atoms with Gasteiger partial charge in [-0.15, -0.1) is 0 Å². The minimum Gasteiger partial charge on any atom is -0.508 e. The molecular weight excluding hydrogens is 254 g/mol. The molecule has 1 aromatic rings. The SMILES string of the molecule is CCC(CC)N(CCOC)C(C)c1cc(O)cc(O)c1. The van der Waals surface area contributed by atoms with E-state index in [4.69, 9.17) is 4.74 Å². The van der Waals surface area contributed by atoms with Crippen molar-refractivity contribution in [1.82, 2.24) is 4.90 Å². The van der Waals surface area contributed by atoms with Gasteiger partial charge in [-0.2, -0.15) is 0 Å². The summed E-state index contributed by atoms with van der Waals surface area (Å²) in [4.78, 5) is 2.37. The second-order valence-electron chi connectivity index (χ2n) is 5.16. The van der Waals surface area contributed by atoms with E-state index in [1.165, 1.54) is 6.07 Å². The molecule has 0 amide bonds. The summed E-state index contributed by atoms with van der Waals surface area (Å²) < 4.78 is 5.20. The summed E-state index contributed by atoms with van der Waals surface area (Å²) in [6, 6.07) is 5.36. The van der Waals surface area contributed by atoms with E-state index in [9.17, 15) is 10.2 Å². The van der Waals surface area contributed by atoms with Crippen LogP contribution < -0.4 is 0 Å². The Balaban J connectivity index is 2.98. The van der Waals surface area contributed by atoms with Crippen LogP contribution in [0.1, 0.15) is 45.2 Å². The third kappa shape index (κ3) is 4.39. The van der Waals surface area contributed by atoms with Gasteiger partial charge in [-0.3, -0.25) is 4.90 Å². The molecule has 0 fully saturated rings. The van der Waals surface area contributed by atoms with Gasteiger partial charge in [-0.25, -0.2) is 0 Å². The number of aromatic hydroxyl groups is 2. The van der Waals surface area contributed by atoms with Gasteiger partial charge in [-0.1, -0.05) is 13.8 Å². The van der Waals surface area contributed by atoms with Crippen molar-refractivity contribution in [2.45, 2.75) is 45.7 Å². The number of nitrogens with zero attached hydrogens (tertiary/aromatic N) is 1. The lowest BCUT2D eigenvalue weighted by Crippen LogP contribution is -2.39. The first-order valence-corrected chi connectivity index (χ1v) is 7.31. The quantitative estimate of drug-likeness (QED) is 0.767. The Morgan fingerprint density at radius 1 is 1.10 bits per heavy atom. The highest BCUT2D eigenvalue weighted by Gasteiger charge is 2.22. The molecule has 0 radical (unpaired) electrons. The molecule has 0 aromatic heterocycles. The molecular formula is C16H27NO3. The first kappa shape index (κ1) is 16.8. The van der Waals surface area contributed by atoms with E-state index in [0.29, 0.717) is 12.6 Å². The highest BCUT2D eigenvalue weighted by atomic mass is 16.5. The highest BCUT2D eigenvalue weighted by Crippen LogP contribution is 2.30. The Labute approximate surface area is 122 Å². The number of methoxy groups -OCH3 is 1. The number of hydrogen-bond donors (Lipinski definition) is 2. The zero-order chi connectivity index (χ0) is 15.1. The molecule has 0 aliphatic carbocycles. The Bertz CT molecular complexity index is 384. The topological polar surface area (TPSA) is 52.9 Å². The molecule has 0 aliphatic heterocycles. The average molecular weight is 281 g/mol. The van der Waals surface area contributed by atoms with Gasteiger partial charge in [0.25, 0.3) is 0 Å². The molecule has 0 saturated heterocycles. The van der Waals surface area contributed by atoms with Crippen LogP contribution in [0.3, 0.4) is 0 Å². The number of rotatable bonds is 8. The molecule has 0 spiro atoms. The largest absolute Gasteiger partial charge is 0.508 e. The molecule has 1 unspecified atom stereocenters. The smallest absolute Gasteiger partial charge is 0.119 e. The van der Waals surface area contributed by atoms with Gasteiger partial charge in [0, 0.05) is 31.8 Å². The Morgan fingerprint density at radius 3 is 2.10 bits per heavy atom. The standard InChI is InChI=1S/C16H27NO3/c1-5-14(6-2)17(7-8-20-4)12(3)13-9-15(18)11-16(19)10-13/h9-12,14,18-19H,5-8H2,1-4H3. The van der Waals surface area contributed by atoms with Crippen molar-refractivity contribution in [3.63, 3.8) is 0 Å². The predicted molar refractivity (Wildman–Crippen MR) is 81.1 cm³/mol. The number of hydrogen-bond acceptors (Lipinski definition) is 4. The number of benzene rings is 1. The lowest BCUT2D eigenvalue weighted by molar-refractivity contribution is 0.0853. The number of phenols is 2. The fourth-order valence-corrected chi connectivity index (χ4v) is 2.70. The van der Waals surface area contributed by atoms with Gasteiger partial charge in [0.05, 0.1) is 6.61 Å². The van der Waals surface area contributed by atoms with Crippen LogP contribution in [0.2, 0.25) is 0 Å². The van der Waals surface area contributed by atoms with Crippen molar-refractivity contribution in [3.8, 4) is 11.5 Å². The maximum atomic E-state index is 9.65. The average Bonchev–Trinajstić information content (AvgIpc) is 2.41. The summed E-state index contributed by atoms with van der Waals surface area (Å²) in [6.07, 6.45) is 2.13. The molecule has 1 atom stereocenters. The van der Waals surface area contributed by atoms with Crippen LogP contribution in [-0.2, 0) is 4.74 Å². The van der Waals surface area contributed by atoms with Crippen LogP contribution in [0.15, 0.2) is 18.2 Å². The van der Waals surface area contributed by atoms with E-state index < -0.39 is 0 Å². The Kier molecular flexibility index (Phi) is 6.82. The van der Waals surface area contributed by atoms with E-state index >= 15 is 0 Å². The zero-order valence-corrected chi connectivity index (χ0v) is 13.0. The lowest BCUT2D eigenvalue weighted by atomic mass is 10.0. The number of phenolic OH excluding ortho intramolecular Hbond substituents is 2. The number of ether oxygens (including phenoxy) is 1. The molecule has 2 N–H and O–H groups in total. The fourth-order valence-electron chi connectivity index (χ4n) is 2.70. The Hall–Kier alpha value is -1.26. The second-order valence-corrected chi connectivity index (χ2v) is 5.16. The summed E-state index contributed by atoms with van der Waals surface area (Å²) in [7, 11) is 1.70. The minimum absolute atomic E-state index is 0.100. The molecule has 0 heterocycles. The minimum atomic E-state index is 0.100. The fraction of sp³-hybridized carbons (Fsp3) is 0.625. The molecule has 4 nitrogen and oxygen atoms in total. The van der Waals surface area contributed by atoms with Crippen LogP contribution >= 0.6 is 0 Å². The zero-order valence-electron chi connectivity index (χ0n) is 13.0.